The number of hydrogen-bond donors (Lipinski definition) is 6. The molecule has 0 heterocycles. The van der Waals surface area contributed by atoms with E-state index in [2.05, 4.69) is 31.8 Å². The van der Waals surface area contributed by atoms with Crippen LogP contribution in [0.4, 0.5) is 4.79 Å². The van der Waals surface area contributed by atoms with E-state index in [1.807, 2.05) is 67.6 Å². The summed E-state index contributed by atoms with van der Waals surface area (Å²) in [6.45, 7) is 1.46. The number of nitrogens with one attached hydrogen (secondary N) is 5. The van der Waals surface area contributed by atoms with E-state index in [9.17, 15) is 19.2 Å². The molecule has 0 saturated carbocycles. The number of hydrazone groups is 1. The summed E-state index contributed by atoms with van der Waals surface area (Å²) in [4.78, 5) is 51.0. The van der Waals surface area contributed by atoms with Gasteiger partial charge in [0.25, 0.3) is 5.91 Å². The monoisotopic (exact) mass is 571 g/mol. The molecule has 3 aromatic carbocycles. The number of likely N-dealkylation sites (N-methyl/N-ethyl adjacent to an activating group) is 1. The number of urea groups is 1. The average Bonchev–Trinajstić information content (AvgIpc) is 3.02. The Balaban J connectivity index is 1.68. The molecule has 0 radical (unpaired) electrons. The van der Waals surface area contributed by atoms with Gasteiger partial charge in [-0.2, -0.15) is 5.10 Å². The topological polar surface area (TPSA) is 167 Å². The molecule has 0 saturated heterocycles. The number of hydrogen-bond acceptors (Lipinski definition) is 6. The zero-order valence-electron chi connectivity index (χ0n) is 23.7. The van der Waals surface area contributed by atoms with Crippen LogP contribution in [0.3, 0.4) is 0 Å². The van der Waals surface area contributed by atoms with Crippen LogP contribution in [0.15, 0.2) is 96.1 Å². The second-order valence-corrected chi connectivity index (χ2v) is 9.44. The van der Waals surface area contributed by atoms with Gasteiger partial charge in [-0.1, -0.05) is 104 Å². The lowest BCUT2D eigenvalue weighted by Gasteiger charge is -2.20. The highest BCUT2D eigenvalue weighted by atomic mass is 16.2. The second kappa shape index (κ2) is 16.3. The van der Waals surface area contributed by atoms with Crippen molar-refractivity contribution in [2.75, 3.05) is 13.6 Å². The molecule has 0 aliphatic heterocycles. The van der Waals surface area contributed by atoms with Gasteiger partial charge in [0.1, 0.15) is 11.8 Å². The first-order chi connectivity index (χ1) is 20.3. The summed E-state index contributed by atoms with van der Waals surface area (Å²) in [5.74, 6) is -1.72. The smallest absolute Gasteiger partial charge is 0.335 e. The van der Waals surface area contributed by atoms with Crippen LogP contribution in [-0.2, 0) is 14.4 Å². The molecule has 0 aromatic heterocycles. The SMILES string of the molecule is CCC[C@H](N)C(=NNC(=O)NC(c1ccccc1)c1ccccc1)C(=O)NCC(=O)N[C@H](C(=O)NC)c1ccccc1. The van der Waals surface area contributed by atoms with Gasteiger partial charge in [-0.25, -0.2) is 10.2 Å². The standard InChI is InChI=1S/C31H37N7O4/c1-3-13-24(32)28(30(41)34-20-25(39)35-27(29(40)33-2)23-18-11-6-12-19-23)37-38-31(42)36-26(21-14-7-4-8-15-21)22-16-9-5-10-17-22/h4-12,14-19,24,26-27H,3,13,20,32H2,1-2H3,(H,33,40)(H,34,41)(H,35,39)(H2,36,38,42)/t24-,27-/m0/s1. The molecule has 0 fully saturated rings. The van der Waals surface area contributed by atoms with E-state index in [1.54, 1.807) is 30.3 Å². The normalized spacial score (nSPS) is 12.5. The van der Waals surface area contributed by atoms with E-state index < -0.39 is 48.4 Å². The summed E-state index contributed by atoms with van der Waals surface area (Å²) in [5.41, 5.74) is 10.8. The van der Waals surface area contributed by atoms with Crippen molar-refractivity contribution in [3.63, 3.8) is 0 Å². The molecule has 7 N–H and O–H groups in total. The number of nitrogens with two attached hydrogens (primary N) is 1. The first-order valence-corrected chi connectivity index (χ1v) is 13.7. The number of rotatable bonds is 13. The van der Waals surface area contributed by atoms with Crippen LogP contribution in [0.1, 0.15) is 48.5 Å². The first-order valence-electron chi connectivity index (χ1n) is 13.7. The van der Waals surface area contributed by atoms with Gasteiger partial charge in [0.15, 0.2) is 0 Å². The molecule has 0 aliphatic rings. The van der Waals surface area contributed by atoms with E-state index >= 15 is 0 Å². The van der Waals surface area contributed by atoms with Gasteiger partial charge in [0.05, 0.1) is 18.6 Å². The number of carbonyl (C=O) groups excluding carboxylic acids is 4. The van der Waals surface area contributed by atoms with Gasteiger partial charge in [0.2, 0.25) is 11.8 Å². The fourth-order valence-corrected chi connectivity index (χ4v) is 4.23. The molecule has 3 aromatic rings. The van der Waals surface area contributed by atoms with Crippen LogP contribution >= 0.6 is 0 Å². The molecule has 0 bridgehead atoms. The summed E-state index contributed by atoms with van der Waals surface area (Å²) in [6, 6.07) is 24.8. The van der Waals surface area contributed by atoms with E-state index in [-0.39, 0.29) is 5.71 Å². The highest BCUT2D eigenvalue weighted by molar-refractivity contribution is 6.41. The molecule has 0 spiro atoms. The van der Waals surface area contributed by atoms with Crippen LogP contribution in [0.5, 0.6) is 0 Å². The Labute approximate surface area is 245 Å². The summed E-state index contributed by atoms with van der Waals surface area (Å²) >= 11 is 0. The molecule has 5 amide bonds. The molecule has 11 nitrogen and oxygen atoms in total. The number of amides is 5. The lowest BCUT2D eigenvalue weighted by Crippen LogP contribution is -2.48. The van der Waals surface area contributed by atoms with E-state index in [1.165, 1.54) is 7.05 Å². The van der Waals surface area contributed by atoms with Gasteiger partial charge in [0, 0.05) is 7.05 Å². The van der Waals surface area contributed by atoms with Crippen LogP contribution in [0.2, 0.25) is 0 Å². The van der Waals surface area contributed by atoms with Crippen molar-refractivity contribution in [3.8, 4) is 0 Å². The Kier molecular flexibility index (Phi) is 12.2. The predicted octanol–water partition coefficient (Wildman–Crippen LogP) is 2.28. The van der Waals surface area contributed by atoms with Crippen molar-refractivity contribution in [2.24, 2.45) is 10.8 Å². The van der Waals surface area contributed by atoms with Crippen molar-refractivity contribution in [1.29, 1.82) is 0 Å². The van der Waals surface area contributed by atoms with Gasteiger partial charge in [-0.05, 0) is 23.1 Å². The molecule has 11 heteroatoms. The van der Waals surface area contributed by atoms with Gasteiger partial charge >= 0.3 is 6.03 Å². The minimum Gasteiger partial charge on any atom is -0.357 e. The Bertz CT molecular complexity index is 1310. The molecule has 3 rings (SSSR count). The number of nitrogens with zero attached hydrogens (tertiary/aromatic N) is 1. The Morgan fingerprint density at radius 2 is 1.31 bits per heavy atom. The highest BCUT2D eigenvalue weighted by Gasteiger charge is 2.24. The quantitative estimate of drug-likeness (QED) is 0.137. The van der Waals surface area contributed by atoms with E-state index in [0.717, 1.165) is 11.1 Å². The van der Waals surface area contributed by atoms with Crippen molar-refractivity contribution < 1.29 is 19.2 Å². The lowest BCUT2D eigenvalue weighted by molar-refractivity contribution is -0.129. The summed E-state index contributed by atoms with van der Waals surface area (Å²) in [7, 11) is 1.47. The minimum atomic E-state index is -0.941. The molecular formula is C31H37N7O4. The van der Waals surface area contributed by atoms with Crippen molar-refractivity contribution in [3.05, 3.63) is 108 Å². The fraction of sp³-hybridized carbons (Fsp3) is 0.258. The zero-order chi connectivity index (χ0) is 30.3. The maximum Gasteiger partial charge on any atom is 0.335 e. The molecular weight excluding hydrogens is 534 g/mol. The van der Waals surface area contributed by atoms with Crippen molar-refractivity contribution in [1.82, 2.24) is 26.7 Å². The van der Waals surface area contributed by atoms with E-state index in [4.69, 9.17) is 5.73 Å². The van der Waals surface area contributed by atoms with Gasteiger partial charge in [-0.15, -0.1) is 0 Å². The van der Waals surface area contributed by atoms with Gasteiger partial charge < -0.3 is 27.0 Å². The molecule has 0 unspecified atom stereocenters. The Morgan fingerprint density at radius 3 is 1.81 bits per heavy atom. The summed E-state index contributed by atoms with van der Waals surface area (Å²) in [5, 5.41) is 14.5. The highest BCUT2D eigenvalue weighted by Crippen LogP contribution is 2.21. The lowest BCUT2D eigenvalue weighted by atomic mass is 9.99. The summed E-state index contributed by atoms with van der Waals surface area (Å²) in [6.07, 6.45) is 1.08. The molecule has 42 heavy (non-hydrogen) atoms. The second-order valence-electron chi connectivity index (χ2n) is 9.44. The Hall–Kier alpha value is -5.03. The molecule has 0 aliphatic carbocycles. The average molecular weight is 572 g/mol. The molecule has 2 atom stereocenters. The Morgan fingerprint density at radius 1 is 0.786 bits per heavy atom. The third-order valence-electron chi connectivity index (χ3n) is 6.36. The van der Waals surface area contributed by atoms with Crippen molar-refractivity contribution >= 4 is 29.5 Å². The molecule has 220 valence electrons. The fourth-order valence-electron chi connectivity index (χ4n) is 4.23. The third kappa shape index (κ3) is 9.27. The third-order valence-corrected chi connectivity index (χ3v) is 6.36. The number of benzene rings is 3. The summed E-state index contributed by atoms with van der Waals surface area (Å²) < 4.78 is 0. The maximum atomic E-state index is 13.0. The van der Waals surface area contributed by atoms with Crippen LogP contribution < -0.4 is 32.4 Å². The zero-order valence-corrected chi connectivity index (χ0v) is 23.7. The number of carbonyl (C=O) groups is 4. The van der Waals surface area contributed by atoms with Crippen LogP contribution in [0.25, 0.3) is 0 Å². The largest absolute Gasteiger partial charge is 0.357 e. The van der Waals surface area contributed by atoms with Gasteiger partial charge in [-0.3, -0.25) is 14.4 Å². The van der Waals surface area contributed by atoms with Crippen molar-refractivity contribution in [2.45, 2.75) is 37.9 Å². The maximum absolute atomic E-state index is 13.0. The minimum absolute atomic E-state index is 0.137. The van der Waals surface area contributed by atoms with Crippen LogP contribution in [-0.4, -0.2) is 49.1 Å². The van der Waals surface area contributed by atoms with Crippen LogP contribution in [0, 0.1) is 0 Å². The van der Waals surface area contributed by atoms with E-state index in [0.29, 0.717) is 18.4 Å². The predicted molar refractivity (Wildman–Crippen MR) is 161 cm³/mol. The first kappa shape index (κ1) is 31.5.